The van der Waals surface area contributed by atoms with Crippen LogP contribution in [0.15, 0.2) is 18.2 Å². The van der Waals surface area contributed by atoms with Gasteiger partial charge in [0.05, 0.1) is 10.6 Å². The Bertz CT molecular complexity index is 413. The fourth-order valence-corrected chi connectivity index (χ4v) is 1.64. The molecule has 15 heavy (non-hydrogen) atoms. The first-order chi connectivity index (χ1) is 7.00. The van der Waals surface area contributed by atoms with E-state index in [1.54, 1.807) is 18.2 Å². The van der Waals surface area contributed by atoms with Crippen LogP contribution in [0, 0.1) is 0 Å². The van der Waals surface area contributed by atoms with Gasteiger partial charge >= 0.3 is 0 Å². The van der Waals surface area contributed by atoms with Gasteiger partial charge in [0.25, 0.3) is 5.91 Å². The molecule has 0 unspecified atom stereocenters. The third kappa shape index (κ3) is 2.23. The Labute approximate surface area is 93.6 Å². The number of benzene rings is 1. The molecule has 1 amide bonds. The second kappa shape index (κ2) is 3.42. The smallest absolute Gasteiger partial charge is 0.253 e. The first-order valence-corrected chi connectivity index (χ1v) is 5.25. The molecule has 3 nitrogen and oxygen atoms in total. The molecule has 1 aromatic carbocycles. The summed E-state index contributed by atoms with van der Waals surface area (Å²) in [5, 5.41) is 3.34. The SMILES string of the molecule is CC1(NC(=O)c2ccc(N)cc2Cl)CC1. The topological polar surface area (TPSA) is 55.1 Å². The van der Waals surface area contributed by atoms with E-state index in [9.17, 15) is 4.79 Å². The molecule has 1 aliphatic rings. The van der Waals surface area contributed by atoms with Crippen molar-refractivity contribution in [1.82, 2.24) is 5.32 Å². The van der Waals surface area contributed by atoms with Crippen LogP contribution in [0.25, 0.3) is 0 Å². The van der Waals surface area contributed by atoms with Crippen LogP contribution in [-0.4, -0.2) is 11.4 Å². The molecule has 0 heterocycles. The van der Waals surface area contributed by atoms with Gasteiger partial charge in [0.1, 0.15) is 0 Å². The molecule has 3 N–H and O–H groups in total. The first-order valence-electron chi connectivity index (χ1n) is 4.88. The lowest BCUT2D eigenvalue weighted by molar-refractivity contribution is 0.0935. The zero-order chi connectivity index (χ0) is 11.1. The minimum absolute atomic E-state index is 0.0260. The lowest BCUT2D eigenvalue weighted by atomic mass is 10.1. The molecule has 1 aliphatic carbocycles. The fourth-order valence-electron chi connectivity index (χ4n) is 1.37. The predicted octanol–water partition coefficient (Wildman–Crippen LogP) is 2.20. The molecule has 2 rings (SSSR count). The molecule has 0 aromatic heterocycles. The minimum Gasteiger partial charge on any atom is -0.399 e. The summed E-state index contributed by atoms with van der Waals surface area (Å²) < 4.78 is 0. The number of carbonyl (C=O) groups excluding carboxylic acids is 1. The van der Waals surface area contributed by atoms with Gasteiger partial charge in [0.15, 0.2) is 0 Å². The van der Waals surface area contributed by atoms with Crippen molar-refractivity contribution in [2.75, 3.05) is 5.73 Å². The molecule has 80 valence electrons. The van der Waals surface area contributed by atoms with Gasteiger partial charge in [-0.15, -0.1) is 0 Å². The molecule has 0 bridgehead atoms. The number of rotatable bonds is 2. The Balaban J connectivity index is 2.18. The lowest BCUT2D eigenvalue weighted by Gasteiger charge is -2.12. The van der Waals surface area contributed by atoms with Gasteiger partial charge in [-0.1, -0.05) is 11.6 Å². The van der Waals surface area contributed by atoms with Gasteiger partial charge in [-0.05, 0) is 38.0 Å². The van der Waals surface area contributed by atoms with Crippen LogP contribution in [0.3, 0.4) is 0 Å². The number of carbonyl (C=O) groups is 1. The number of hydrogen-bond acceptors (Lipinski definition) is 2. The van der Waals surface area contributed by atoms with Crippen LogP contribution in [0.5, 0.6) is 0 Å². The predicted molar refractivity (Wildman–Crippen MR) is 61.0 cm³/mol. The van der Waals surface area contributed by atoms with Gasteiger partial charge < -0.3 is 11.1 Å². The van der Waals surface area contributed by atoms with Crippen molar-refractivity contribution in [3.8, 4) is 0 Å². The highest BCUT2D eigenvalue weighted by Gasteiger charge is 2.39. The molecule has 0 radical (unpaired) electrons. The summed E-state index contributed by atoms with van der Waals surface area (Å²) in [5.74, 6) is -0.125. The van der Waals surface area contributed by atoms with Gasteiger partial charge in [-0.3, -0.25) is 4.79 Å². The molecular formula is C11H13ClN2O. The second-order valence-electron chi connectivity index (χ2n) is 4.25. The molecule has 0 spiro atoms. The van der Waals surface area contributed by atoms with Gasteiger partial charge in [-0.25, -0.2) is 0 Å². The summed E-state index contributed by atoms with van der Waals surface area (Å²) in [6, 6.07) is 4.92. The molecular weight excluding hydrogens is 212 g/mol. The monoisotopic (exact) mass is 224 g/mol. The molecule has 0 saturated heterocycles. The maximum atomic E-state index is 11.8. The molecule has 1 aromatic rings. The van der Waals surface area contributed by atoms with Crippen molar-refractivity contribution in [3.05, 3.63) is 28.8 Å². The van der Waals surface area contributed by atoms with Crippen LogP contribution in [0.1, 0.15) is 30.1 Å². The normalized spacial score (nSPS) is 17.2. The van der Waals surface area contributed by atoms with Crippen LogP contribution < -0.4 is 11.1 Å². The van der Waals surface area contributed by atoms with E-state index in [1.165, 1.54) is 0 Å². The van der Waals surface area contributed by atoms with E-state index in [2.05, 4.69) is 5.32 Å². The van der Waals surface area contributed by atoms with Crippen molar-refractivity contribution in [2.24, 2.45) is 0 Å². The highest BCUT2D eigenvalue weighted by Crippen LogP contribution is 2.35. The van der Waals surface area contributed by atoms with Gasteiger partial charge in [-0.2, -0.15) is 0 Å². The van der Waals surface area contributed by atoms with Crippen LogP contribution in [0.4, 0.5) is 5.69 Å². The number of nitrogens with one attached hydrogen (secondary N) is 1. The molecule has 1 fully saturated rings. The summed E-state index contributed by atoms with van der Waals surface area (Å²) >= 11 is 5.93. The third-order valence-corrected chi connectivity index (χ3v) is 2.97. The number of hydrogen-bond donors (Lipinski definition) is 2. The molecule has 0 aliphatic heterocycles. The average Bonchev–Trinajstić information content (AvgIpc) is 2.82. The highest BCUT2D eigenvalue weighted by atomic mass is 35.5. The van der Waals surface area contributed by atoms with E-state index in [0.717, 1.165) is 12.8 Å². The number of nitrogens with two attached hydrogens (primary N) is 1. The Hall–Kier alpha value is -1.22. The summed E-state index contributed by atoms with van der Waals surface area (Å²) in [6.45, 7) is 2.02. The highest BCUT2D eigenvalue weighted by molar-refractivity contribution is 6.34. The van der Waals surface area contributed by atoms with Crippen molar-refractivity contribution in [3.63, 3.8) is 0 Å². The zero-order valence-electron chi connectivity index (χ0n) is 8.51. The van der Waals surface area contributed by atoms with E-state index in [4.69, 9.17) is 17.3 Å². The summed E-state index contributed by atoms with van der Waals surface area (Å²) in [5.41, 5.74) is 6.57. The van der Waals surface area contributed by atoms with Crippen molar-refractivity contribution >= 4 is 23.2 Å². The largest absolute Gasteiger partial charge is 0.399 e. The van der Waals surface area contributed by atoms with Crippen molar-refractivity contribution in [2.45, 2.75) is 25.3 Å². The van der Waals surface area contributed by atoms with E-state index >= 15 is 0 Å². The number of halogens is 1. The molecule has 4 heteroatoms. The summed E-state index contributed by atoms with van der Waals surface area (Å²) in [4.78, 5) is 11.8. The number of anilines is 1. The van der Waals surface area contributed by atoms with E-state index in [-0.39, 0.29) is 11.4 Å². The third-order valence-electron chi connectivity index (χ3n) is 2.65. The van der Waals surface area contributed by atoms with Crippen molar-refractivity contribution in [1.29, 1.82) is 0 Å². The van der Waals surface area contributed by atoms with Crippen molar-refractivity contribution < 1.29 is 4.79 Å². The van der Waals surface area contributed by atoms with Crippen LogP contribution in [0.2, 0.25) is 5.02 Å². The summed E-state index contributed by atoms with van der Waals surface area (Å²) in [6.07, 6.45) is 2.07. The lowest BCUT2D eigenvalue weighted by Crippen LogP contribution is -2.34. The maximum Gasteiger partial charge on any atom is 0.253 e. The van der Waals surface area contributed by atoms with E-state index < -0.39 is 0 Å². The zero-order valence-corrected chi connectivity index (χ0v) is 9.27. The average molecular weight is 225 g/mol. The van der Waals surface area contributed by atoms with Gasteiger partial charge in [0.2, 0.25) is 0 Å². The van der Waals surface area contributed by atoms with Crippen LogP contribution >= 0.6 is 11.6 Å². The number of amides is 1. The Morgan fingerprint density at radius 2 is 2.20 bits per heavy atom. The van der Waals surface area contributed by atoms with Gasteiger partial charge in [0, 0.05) is 11.2 Å². The Kier molecular flexibility index (Phi) is 2.35. The maximum absolute atomic E-state index is 11.8. The second-order valence-corrected chi connectivity index (χ2v) is 4.66. The first kappa shape index (κ1) is 10.3. The number of nitrogen functional groups attached to an aromatic ring is 1. The van der Waals surface area contributed by atoms with E-state index in [0.29, 0.717) is 16.3 Å². The Morgan fingerprint density at radius 1 is 1.53 bits per heavy atom. The van der Waals surface area contributed by atoms with Crippen LogP contribution in [-0.2, 0) is 0 Å². The standard InChI is InChI=1S/C11H13ClN2O/c1-11(4-5-11)14-10(15)8-3-2-7(13)6-9(8)12/h2-3,6H,4-5,13H2,1H3,(H,14,15). The minimum atomic E-state index is -0.125. The fraction of sp³-hybridized carbons (Fsp3) is 0.364. The Morgan fingerprint density at radius 3 is 2.73 bits per heavy atom. The van der Waals surface area contributed by atoms with E-state index in [1.807, 2.05) is 6.92 Å². The summed E-state index contributed by atoms with van der Waals surface area (Å²) in [7, 11) is 0. The molecule has 1 saturated carbocycles. The molecule has 0 atom stereocenters. The quantitative estimate of drug-likeness (QED) is 0.757.